The number of halogens is 5. The van der Waals surface area contributed by atoms with Crippen molar-refractivity contribution in [3.8, 4) is 11.8 Å². The largest absolute Gasteiger partial charge is 0.505 e. The number of aromatic hydroxyl groups is 1. The van der Waals surface area contributed by atoms with Crippen LogP contribution in [0.2, 0.25) is 10.0 Å². The molecule has 6 rings (SSSR count). The maximum atomic E-state index is 14.3. The molecule has 3 heterocycles. The highest BCUT2D eigenvalue weighted by Gasteiger charge is 2.54. The molecule has 0 radical (unpaired) electrons. The zero-order valence-corrected chi connectivity index (χ0v) is 26.8. The van der Waals surface area contributed by atoms with E-state index in [0.29, 0.717) is 28.9 Å². The third-order valence-electron chi connectivity index (χ3n) is 8.78. The Kier molecular flexibility index (Phi) is 8.09. The van der Waals surface area contributed by atoms with Gasteiger partial charge < -0.3 is 19.9 Å². The molecule has 1 aliphatic carbocycles. The second-order valence-electron chi connectivity index (χ2n) is 11.5. The normalized spacial score (nSPS) is 18.7. The lowest BCUT2D eigenvalue weighted by Gasteiger charge is -2.33. The topological polar surface area (TPSA) is 117 Å². The van der Waals surface area contributed by atoms with Crippen LogP contribution in [0.4, 0.5) is 14.5 Å². The van der Waals surface area contributed by atoms with Crippen LogP contribution in [0.25, 0.3) is 0 Å². The fourth-order valence-electron chi connectivity index (χ4n) is 6.35. The van der Waals surface area contributed by atoms with Crippen molar-refractivity contribution >= 4 is 64.1 Å². The Labute approximate surface area is 275 Å². The molecule has 1 saturated heterocycles. The molecule has 1 atom stereocenters. The highest BCUT2D eigenvalue weighted by molar-refractivity contribution is 7.99. The van der Waals surface area contributed by atoms with Gasteiger partial charge in [-0.05, 0) is 85.2 Å². The lowest BCUT2D eigenvalue weighted by Crippen LogP contribution is -2.42. The van der Waals surface area contributed by atoms with Crippen LogP contribution in [0.5, 0.6) is 5.75 Å². The molecule has 1 unspecified atom stereocenters. The first-order valence-electron chi connectivity index (χ1n) is 14.1. The van der Waals surface area contributed by atoms with E-state index >= 15 is 0 Å². The maximum Gasteiger partial charge on any atom is 0.362 e. The molecule has 1 saturated carbocycles. The number of nitrogens with zero attached hydrogens (tertiary/aromatic N) is 3. The Balaban J connectivity index is 1.44. The summed E-state index contributed by atoms with van der Waals surface area (Å²) in [6.45, 7) is 2.03. The van der Waals surface area contributed by atoms with Crippen molar-refractivity contribution in [2.75, 3.05) is 11.4 Å². The SMILES string of the molecule is Cc1c(O)c(N2CCCC3(CC3)C2=O)cc2c1C(CC#N)N(C(=O)c1c(Sc3c(Cl)cccc3Cl)cc(C(F)(F)Cl)[nH]c1=O)C2. The molecule has 1 aromatic heterocycles. The molecule has 1 spiro atoms. The quantitative estimate of drug-likeness (QED) is 0.256. The molecule has 0 bridgehead atoms. The number of amides is 2. The first-order chi connectivity index (χ1) is 21.3. The number of nitrogens with one attached hydrogen (secondary N) is 1. The minimum absolute atomic E-state index is 0.0366. The first kappa shape index (κ1) is 31.7. The van der Waals surface area contributed by atoms with E-state index < -0.39 is 34.1 Å². The number of carbonyl (C=O) groups excluding carboxylic acids is 2. The molecule has 2 amide bonds. The minimum Gasteiger partial charge on any atom is -0.505 e. The fourth-order valence-corrected chi connectivity index (χ4v) is 8.09. The molecule has 234 valence electrons. The number of phenolic OH excluding ortho intramolecular Hbond substituents is 1. The Hall–Kier alpha value is -3.30. The van der Waals surface area contributed by atoms with Gasteiger partial charge in [0.2, 0.25) is 5.91 Å². The zero-order valence-electron chi connectivity index (χ0n) is 23.7. The van der Waals surface area contributed by atoms with Crippen LogP contribution in [0, 0.1) is 23.7 Å². The minimum atomic E-state index is -3.95. The van der Waals surface area contributed by atoms with Crippen molar-refractivity contribution in [1.29, 1.82) is 5.26 Å². The van der Waals surface area contributed by atoms with Gasteiger partial charge in [0.25, 0.3) is 11.5 Å². The zero-order chi connectivity index (χ0) is 32.4. The number of carbonyl (C=O) groups is 2. The second-order valence-corrected chi connectivity index (χ2v) is 13.8. The third kappa shape index (κ3) is 5.46. The number of benzene rings is 2. The Morgan fingerprint density at radius 3 is 2.53 bits per heavy atom. The summed E-state index contributed by atoms with van der Waals surface area (Å²) < 4.78 is 28.4. The third-order valence-corrected chi connectivity index (χ3v) is 11.0. The smallest absolute Gasteiger partial charge is 0.362 e. The number of hydrogen-bond donors (Lipinski definition) is 2. The number of aromatic amines is 1. The average molecular weight is 694 g/mol. The van der Waals surface area contributed by atoms with Crippen LogP contribution in [-0.4, -0.2) is 33.3 Å². The number of fused-ring (bicyclic) bond motifs is 1. The van der Waals surface area contributed by atoms with Crippen LogP contribution in [0.1, 0.15) is 70.9 Å². The summed E-state index contributed by atoms with van der Waals surface area (Å²) in [4.78, 5) is 46.0. The Morgan fingerprint density at radius 2 is 1.91 bits per heavy atom. The van der Waals surface area contributed by atoms with E-state index in [4.69, 9.17) is 34.8 Å². The van der Waals surface area contributed by atoms with Crippen LogP contribution in [-0.2, 0) is 16.7 Å². The number of phenols is 1. The summed E-state index contributed by atoms with van der Waals surface area (Å²) in [5.74, 6) is -0.993. The van der Waals surface area contributed by atoms with Crippen molar-refractivity contribution in [2.24, 2.45) is 5.41 Å². The van der Waals surface area contributed by atoms with E-state index in [2.05, 4.69) is 6.07 Å². The maximum absolute atomic E-state index is 14.3. The average Bonchev–Trinajstić information content (AvgIpc) is 3.66. The van der Waals surface area contributed by atoms with Gasteiger partial charge in [-0.25, -0.2) is 0 Å². The fraction of sp³-hybridized carbons (Fsp3) is 0.355. The van der Waals surface area contributed by atoms with Crippen molar-refractivity contribution in [3.63, 3.8) is 0 Å². The molecule has 2 N–H and O–H groups in total. The molecule has 8 nitrogen and oxygen atoms in total. The number of pyridine rings is 1. The monoisotopic (exact) mass is 692 g/mol. The number of H-pyrrole nitrogens is 1. The predicted molar refractivity (Wildman–Crippen MR) is 166 cm³/mol. The summed E-state index contributed by atoms with van der Waals surface area (Å²) in [7, 11) is 0. The van der Waals surface area contributed by atoms with Crippen molar-refractivity contribution in [2.45, 2.75) is 66.8 Å². The molecular weight excluding hydrogens is 669 g/mol. The van der Waals surface area contributed by atoms with E-state index in [0.717, 1.165) is 43.5 Å². The lowest BCUT2D eigenvalue weighted by molar-refractivity contribution is -0.125. The van der Waals surface area contributed by atoms with E-state index in [1.807, 2.05) is 4.98 Å². The van der Waals surface area contributed by atoms with Gasteiger partial charge in [-0.3, -0.25) is 14.4 Å². The van der Waals surface area contributed by atoms with Gasteiger partial charge in [0.05, 0.1) is 34.3 Å². The number of anilines is 1. The van der Waals surface area contributed by atoms with Crippen molar-refractivity contribution in [1.82, 2.24) is 9.88 Å². The van der Waals surface area contributed by atoms with Gasteiger partial charge >= 0.3 is 5.38 Å². The lowest BCUT2D eigenvalue weighted by atomic mass is 9.91. The molecule has 3 aromatic rings. The van der Waals surface area contributed by atoms with Gasteiger partial charge in [0, 0.05) is 28.3 Å². The van der Waals surface area contributed by atoms with Gasteiger partial charge in [-0.2, -0.15) is 14.0 Å². The highest BCUT2D eigenvalue weighted by Crippen LogP contribution is 2.55. The number of alkyl halides is 3. The summed E-state index contributed by atoms with van der Waals surface area (Å²) in [5, 5.41) is 17.4. The van der Waals surface area contributed by atoms with E-state index in [9.17, 15) is 33.5 Å². The van der Waals surface area contributed by atoms with E-state index in [1.165, 1.54) is 17.0 Å². The van der Waals surface area contributed by atoms with Crippen LogP contribution in [0.3, 0.4) is 0 Å². The number of aromatic nitrogens is 1. The van der Waals surface area contributed by atoms with Crippen LogP contribution >= 0.6 is 46.6 Å². The van der Waals surface area contributed by atoms with Crippen LogP contribution in [0.15, 0.2) is 44.9 Å². The summed E-state index contributed by atoms with van der Waals surface area (Å²) >= 11 is 18.7. The van der Waals surface area contributed by atoms with E-state index in [1.54, 1.807) is 24.0 Å². The number of nitriles is 1. The molecule has 3 aliphatic rings. The Bertz CT molecular complexity index is 1850. The molecule has 45 heavy (non-hydrogen) atoms. The van der Waals surface area contributed by atoms with Gasteiger partial charge in [0.1, 0.15) is 17.0 Å². The number of hydrogen-bond acceptors (Lipinski definition) is 6. The number of piperidine rings is 1. The van der Waals surface area contributed by atoms with Crippen molar-refractivity contribution < 1.29 is 23.5 Å². The van der Waals surface area contributed by atoms with Gasteiger partial charge in [-0.15, -0.1) is 0 Å². The first-order valence-corrected chi connectivity index (χ1v) is 16.0. The predicted octanol–water partition coefficient (Wildman–Crippen LogP) is 7.65. The van der Waals surface area contributed by atoms with Crippen molar-refractivity contribution in [3.05, 3.63) is 78.7 Å². The molecule has 2 fully saturated rings. The Morgan fingerprint density at radius 1 is 1.22 bits per heavy atom. The second kappa shape index (κ2) is 11.5. The summed E-state index contributed by atoms with van der Waals surface area (Å²) in [5.41, 5.74) is -1.03. The summed E-state index contributed by atoms with van der Waals surface area (Å²) in [6.07, 6.45) is 3.03. The van der Waals surface area contributed by atoms with Gasteiger partial charge in [-0.1, -0.05) is 41.0 Å². The summed E-state index contributed by atoms with van der Waals surface area (Å²) in [6, 6.07) is 8.38. The van der Waals surface area contributed by atoms with E-state index in [-0.39, 0.29) is 49.9 Å². The standard InChI is InChI=1S/C31H25Cl3F2N4O4S/c1-15-23-16(12-20(25(15)41)39-11-3-7-30(8-9-30)29(39)44)14-40(19(23)6-10-37)28(43)24-21(13-22(31(34,35)36)38-27(24)42)45-26-17(32)4-2-5-18(26)33/h2,4-5,12-13,19,41H,3,6-9,11,14H2,1H3,(H,38,42). The molecule has 14 heteroatoms. The number of rotatable bonds is 6. The van der Waals surface area contributed by atoms with Gasteiger partial charge in [0.15, 0.2) is 0 Å². The molecule has 2 aliphatic heterocycles. The molecule has 2 aromatic carbocycles. The highest BCUT2D eigenvalue weighted by atomic mass is 35.5. The van der Waals surface area contributed by atoms with Crippen LogP contribution < -0.4 is 10.5 Å². The molecular formula is C31H25Cl3F2N4O4S.